The van der Waals surface area contributed by atoms with E-state index in [4.69, 9.17) is 0 Å². The van der Waals surface area contributed by atoms with E-state index in [2.05, 4.69) is 64.0 Å². The summed E-state index contributed by atoms with van der Waals surface area (Å²) in [6.45, 7) is 6.86. The van der Waals surface area contributed by atoms with E-state index < -0.39 is 0 Å². The van der Waals surface area contributed by atoms with Crippen LogP contribution in [0.4, 0.5) is 0 Å². The molecule has 1 heterocycles. The number of hydrogen-bond donors (Lipinski definition) is 1. The van der Waals surface area contributed by atoms with Gasteiger partial charge in [-0.1, -0.05) is 25.5 Å². The fraction of sp³-hybridized carbons (Fsp3) is 0.571. The van der Waals surface area contributed by atoms with E-state index in [-0.39, 0.29) is 0 Å². The van der Waals surface area contributed by atoms with Crippen LogP contribution in [0.5, 0.6) is 0 Å². The zero-order chi connectivity index (χ0) is 12.1. The lowest BCUT2D eigenvalue weighted by atomic mass is 10.1. The number of hydrogen-bond acceptors (Lipinski definition) is 2. The number of piperazine rings is 1. The van der Waals surface area contributed by atoms with Crippen LogP contribution in [-0.4, -0.2) is 30.6 Å². The Kier molecular flexibility index (Phi) is 5.25. The molecule has 1 aromatic rings. The molecule has 1 N–H and O–H groups in total. The van der Waals surface area contributed by atoms with Crippen molar-refractivity contribution in [2.75, 3.05) is 19.6 Å². The van der Waals surface area contributed by atoms with Gasteiger partial charge >= 0.3 is 0 Å². The zero-order valence-corrected chi connectivity index (χ0v) is 12.6. The summed E-state index contributed by atoms with van der Waals surface area (Å²) in [5.74, 6) is 0. The average molecular weight is 344 g/mol. The fourth-order valence-electron chi connectivity index (χ4n) is 2.43. The zero-order valence-electron chi connectivity index (χ0n) is 10.5. The van der Waals surface area contributed by atoms with Crippen LogP contribution in [0, 0.1) is 3.57 Å². The molecule has 94 valence electrons. The molecule has 17 heavy (non-hydrogen) atoms. The topological polar surface area (TPSA) is 15.3 Å². The Morgan fingerprint density at radius 3 is 2.82 bits per heavy atom. The molecule has 1 aliphatic rings. The highest BCUT2D eigenvalue weighted by atomic mass is 127. The van der Waals surface area contributed by atoms with E-state index in [9.17, 15) is 0 Å². The van der Waals surface area contributed by atoms with Crippen LogP contribution in [0.2, 0.25) is 0 Å². The first-order valence-corrected chi connectivity index (χ1v) is 7.56. The molecule has 0 amide bonds. The summed E-state index contributed by atoms with van der Waals surface area (Å²) in [4.78, 5) is 2.57. The number of rotatable bonds is 4. The summed E-state index contributed by atoms with van der Waals surface area (Å²) < 4.78 is 1.32. The van der Waals surface area contributed by atoms with Crippen LogP contribution in [0.25, 0.3) is 0 Å². The van der Waals surface area contributed by atoms with Crippen molar-refractivity contribution in [1.82, 2.24) is 10.2 Å². The number of nitrogens with one attached hydrogen (secondary N) is 1. The van der Waals surface area contributed by atoms with Crippen molar-refractivity contribution in [2.24, 2.45) is 0 Å². The Morgan fingerprint density at radius 2 is 2.12 bits per heavy atom. The predicted molar refractivity (Wildman–Crippen MR) is 81.1 cm³/mol. The van der Waals surface area contributed by atoms with Crippen molar-refractivity contribution >= 4 is 22.6 Å². The van der Waals surface area contributed by atoms with Gasteiger partial charge in [0.1, 0.15) is 0 Å². The van der Waals surface area contributed by atoms with Crippen LogP contribution in [-0.2, 0) is 6.54 Å². The van der Waals surface area contributed by atoms with Crippen LogP contribution in [0.3, 0.4) is 0 Å². The summed E-state index contributed by atoms with van der Waals surface area (Å²) >= 11 is 2.36. The van der Waals surface area contributed by atoms with Gasteiger partial charge in [0.25, 0.3) is 0 Å². The maximum absolute atomic E-state index is 3.60. The molecule has 2 rings (SSSR count). The van der Waals surface area contributed by atoms with Crippen molar-refractivity contribution in [1.29, 1.82) is 0 Å². The third-order valence-electron chi connectivity index (χ3n) is 3.30. The Bertz CT molecular complexity index is 335. The van der Waals surface area contributed by atoms with E-state index in [0.717, 1.165) is 13.1 Å². The molecule has 0 bridgehead atoms. The van der Waals surface area contributed by atoms with Gasteiger partial charge in [0.2, 0.25) is 0 Å². The second-order valence-corrected chi connectivity index (χ2v) is 6.05. The van der Waals surface area contributed by atoms with Gasteiger partial charge in [0.05, 0.1) is 0 Å². The molecule has 0 saturated carbocycles. The van der Waals surface area contributed by atoms with Crippen LogP contribution < -0.4 is 5.32 Å². The Balaban J connectivity index is 1.87. The molecule has 1 aromatic carbocycles. The maximum Gasteiger partial charge on any atom is 0.0234 e. The number of benzene rings is 1. The minimum atomic E-state index is 0.692. The Labute approximate surface area is 118 Å². The van der Waals surface area contributed by atoms with Gasteiger partial charge in [-0.25, -0.2) is 0 Å². The van der Waals surface area contributed by atoms with Crippen molar-refractivity contribution in [3.63, 3.8) is 0 Å². The van der Waals surface area contributed by atoms with E-state index in [1.54, 1.807) is 0 Å². The Morgan fingerprint density at radius 1 is 1.35 bits per heavy atom. The minimum Gasteiger partial charge on any atom is -0.311 e. The lowest BCUT2D eigenvalue weighted by Crippen LogP contribution is -2.50. The van der Waals surface area contributed by atoms with Crippen molar-refractivity contribution in [3.8, 4) is 0 Å². The van der Waals surface area contributed by atoms with Gasteiger partial charge in [-0.2, -0.15) is 0 Å². The third-order valence-corrected chi connectivity index (χ3v) is 4.02. The second-order valence-electron chi connectivity index (χ2n) is 4.80. The van der Waals surface area contributed by atoms with Crippen LogP contribution in [0.15, 0.2) is 24.3 Å². The van der Waals surface area contributed by atoms with Gasteiger partial charge in [-0.05, 0) is 46.7 Å². The summed E-state index contributed by atoms with van der Waals surface area (Å²) in [6, 6.07) is 9.58. The van der Waals surface area contributed by atoms with Gasteiger partial charge in [0, 0.05) is 35.8 Å². The van der Waals surface area contributed by atoms with E-state index in [0.29, 0.717) is 6.04 Å². The lowest BCUT2D eigenvalue weighted by Gasteiger charge is -2.33. The number of halogens is 1. The Hall–Kier alpha value is -0.130. The molecular weight excluding hydrogens is 323 g/mol. The molecule has 1 fully saturated rings. The van der Waals surface area contributed by atoms with Crippen molar-refractivity contribution in [3.05, 3.63) is 33.4 Å². The first kappa shape index (κ1) is 13.3. The van der Waals surface area contributed by atoms with Crippen LogP contribution in [0.1, 0.15) is 25.3 Å². The van der Waals surface area contributed by atoms with E-state index in [1.165, 1.54) is 35.1 Å². The van der Waals surface area contributed by atoms with Crippen LogP contribution >= 0.6 is 22.6 Å². The van der Waals surface area contributed by atoms with Crippen molar-refractivity contribution in [2.45, 2.75) is 32.4 Å². The highest BCUT2D eigenvalue weighted by Gasteiger charge is 2.18. The molecule has 1 saturated heterocycles. The molecule has 1 aliphatic heterocycles. The molecule has 1 unspecified atom stereocenters. The smallest absolute Gasteiger partial charge is 0.0234 e. The molecule has 0 aliphatic carbocycles. The van der Waals surface area contributed by atoms with Gasteiger partial charge in [0.15, 0.2) is 0 Å². The minimum absolute atomic E-state index is 0.692. The first-order valence-electron chi connectivity index (χ1n) is 6.48. The molecule has 1 atom stereocenters. The SMILES string of the molecule is CCCC1CN(Cc2ccc(I)cc2)CCN1. The van der Waals surface area contributed by atoms with E-state index >= 15 is 0 Å². The molecule has 3 heteroatoms. The fourth-order valence-corrected chi connectivity index (χ4v) is 2.79. The van der Waals surface area contributed by atoms with E-state index in [1.807, 2.05) is 0 Å². The van der Waals surface area contributed by atoms with Gasteiger partial charge in [-0.3, -0.25) is 4.90 Å². The molecule has 0 spiro atoms. The summed E-state index contributed by atoms with van der Waals surface area (Å²) in [5.41, 5.74) is 1.43. The maximum atomic E-state index is 3.60. The highest BCUT2D eigenvalue weighted by molar-refractivity contribution is 14.1. The molecule has 0 aromatic heterocycles. The summed E-state index contributed by atoms with van der Waals surface area (Å²) in [7, 11) is 0. The quantitative estimate of drug-likeness (QED) is 0.845. The average Bonchev–Trinajstić information content (AvgIpc) is 2.33. The van der Waals surface area contributed by atoms with Gasteiger partial charge < -0.3 is 5.32 Å². The summed E-state index contributed by atoms with van der Waals surface area (Å²) in [5, 5.41) is 3.60. The van der Waals surface area contributed by atoms with Crippen molar-refractivity contribution < 1.29 is 0 Å². The molecular formula is C14H21IN2. The monoisotopic (exact) mass is 344 g/mol. The largest absolute Gasteiger partial charge is 0.311 e. The highest BCUT2D eigenvalue weighted by Crippen LogP contribution is 2.12. The predicted octanol–water partition coefficient (Wildman–Crippen LogP) is 2.87. The molecule has 0 radical (unpaired) electrons. The standard InChI is InChI=1S/C14H21IN2/c1-2-3-14-11-17(9-8-16-14)10-12-4-6-13(15)7-5-12/h4-7,14,16H,2-3,8-11H2,1H3. The normalized spacial score (nSPS) is 21.6. The third kappa shape index (κ3) is 4.23. The van der Waals surface area contributed by atoms with Gasteiger partial charge in [-0.15, -0.1) is 0 Å². The lowest BCUT2D eigenvalue weighted by molar-refractivity contribution is 0.187. The molecule has 2 nitrogen and oxygen atoms in total. The second kappa shape index (κ2) is 6.71. The summed E-state index contributed by atoms with van der Waals surface area (Å²) in [6.07, 6.45) is 2.57. The number of nitrogens with zero attached hydrogens (tertiary/aromatic N) is 1. The first-order chi connectivity index (χ1) is 8.28.